The lowest BCUT2D eigenvalue weighted by Gasteiger charge is -2.07. The number of carbonyl (C=O) groups is 2. The van der Waals surface area contributed by atoms with Crippen LogP contribution < -0.4 is 10.1 Å². The van der Waals surface area contributed by atoms with E-state index in [1.54, 1.807) is 49.1 Å². The number of amides is 1. The molecule has 2 aromatic rings. The van der Waals surface area contributed by atoms with E-state index in [4.69, 9.17) is 9.84 Å². The molecule has 0 saturated carbocycles. The largest absolute Gasteiger partial charge is 0.482 e. The quantitative estimate of drug-likeness (QED) is 0.868. The van der Waals surface area contributed by atoms with Crippen LogP contribution in [0.15, 0.2) is 30.5 Å². The third-order valence-corrected chi connectivity index (χ3v) is 2.71. The summed E-state index contributed by atoms with van der Waals surface area (Å²) in [6.45, 7) is 1.32. The maximum Gasteiger partial charge on any atom is 0.341 e. The molecular weight excluding hydrogens is 274 g/mol. The van der Waals surface area contributed by atoms with E-state index in [1.165, 1.54) is 0 Å². The van der Waals surface area contributed by atoms with Crippen molar-refractivity contribution in [3.05, 3.63) is 41.7 Å². The number of nitrogens with zero attached hydrogens (tertiary/aromatic N) is 2. The Morgan fingerprint density at radius 1 is 1.43 bits per heavy atom. The highest BCUT2D eigenvalue weighted by Gasteiger charge is 2.12. The van der Waals surface area contributed by atoms with E-state index in [0.717, 1.165) is 0 Å². The van der Waals surface area contributed by atoms with Crippen LogP contribution in [-0.4, -0.2) is 33.4 Å². The minimum absolute atomic E-state index is 0.281. The normalized spacial score (nSPS) is 10.2. The van der Waals surface area contributed by atoms with Crippen molar-refractivity contribution >= 4 is 17.6 Å². The number of nitrogens with one attached hydrogen (secondary N) is 1. The van der Waals surface area contributed by atoms with Crippen molar-refractivity contribution in [3.63, 3.8) is 0 Å². The van der Waals surface area contributed by atoms with Gasteiger partial charge in [-0.2, -0.15) is 5.10 Å². The first-order valence-electron chi connectivity index (χ1n) is 6.22. The van der Waals surface area contributed by atoms with Gasteiger partial charge in [0.2, 0.25) is 0 Å². The average molecular weight is 289 g/mol. The van der Waals surface area contributed by atoms with Crippen LogP contribution in [0.3, 0.4) is 0 Å². The van der Waals surface area contributed by atoms with Gasteiger partial charge in [-0.1, -0.05) is 6.07 Å². The molecule has 21 heavy (non-hydrogen) atoms. The molecule has 0 fully saturated rings. The fraction of sp³-hybridized carbons (Fsp3) is 0.214. The number of carboxylic acid groups (broad SMARTS) is 1. The molecule has 110 valence electrons. The van der Waals surface area contributed by atoms with Crippen molar-refractivity contribution in [1.29, 1.82) is 0 Å². The van der Waals surface area contributed by atoms with Crippen molar-refractivity contribution in [2.24, 2.45) is 7.05 Å². The molecule has 0 atom stereocenters. The number of rotatable bonds is 5. The molecule has 0 saturated heterocycles. The van der Waals surface area contributed by atoms with Crippen LogP contribution in [0.25, 0.3) is 0 Å². The van der Waals surface area contributed by atoms with E-state index in [-0.39, 0.29) is 5.91 Å². The van der Waals surface area contributed by atoms with Gasteiger partial charge in [-0.15, -0.1) is 0 Å². The summed E-state index contributed by atoms with van der Waals surface area (Å²) in [5.41, 5.74) is 1.63. The molecule has 0 aliphatic rings. The third-order valence-electron chi connectivity index (χ3n) is 2.71. The molecule has 0 spiro atoms. The number of hydrogen-bond acceptors (Lipinski definition) is 4. The highest BCUT2D eigenvalue weighted by atomic mass is 16.5. The van der Waals surface area contributed by atoms with E-state index in [0.29, 0.717) is 22.7 Å². The molecule has 1 amide bonds. The maximum absolute atomic E-state index is 12.1. The SMILES string of the molecule is Cc1nn(C)cc1C(=O)Nc1cccc(OCC(=O)O)c1. The molecular formula is C14H15N3O4. The molecule has 1 aromatic carbocycles. The summed E-state index contributed by atoms with van der Waals surface area (Å²) in [7, 11) is 1.74. The number of aromatic nitrogens is 2. The lowest BCUT2D eigenvalue weighted by atomic mass is 10.2. The minimum Gasteiger partial charge on any atom is -0.482 e. The standard InChI is InChI=1S/C14H15N3O4/c1-9-12(7-17(2)16-9)14(20)15-10-4-3-5-11(6-10)21-8-13(18)19/h3-7H,8H2,1-2H3,(H,15,20)(H,18,19). The minimum atomic E-state index is -1.06. The Hall–Kier alpha value is -2.83. The van der Waals surface area contributed by atoms with Crippen LogP contribution in [0.4, 0.5) is 5.69 Å². The molecule has 0 aliphatic heterocycles. The first-order chi connectivity index (χ1) is 9.95. The number of ether oxygens (including phenoxy) is 1. The van der Waals surface area contributed by atoms with Gasteiger partial charge in [0.15, 0.2) is 6.61 Å². The van der Waals surface area contributed by atoms with Crippen LogP contribution in [0.1, 0.15) is 16.1 Å². The second-order valence-corrected chi connectivity index (χ2v) is 4.47. The van der Waals surface area contributed by atoms with Crippen molar-refractivity contribution in [3.8, 4) is 5.75 Å². The van der Waals surface area contributed by atoms with E-state index in [2.05, 4.69) is 10.4 Å². The molecule has 2 rings (SSSR count). The van der Waals surface area contributed by atoms with Gasteiger partial charge < -0.3 is 15.2 Å². The van der Waals surface area contributed by atoms with Gasteiger partial charge in [-0.25, -0.2) is 4.79 Å². The van der Waals surface area contributed by atoms with Crippen LogP contribution in [-0.2, 0) is 11.8 Å². The Bertz CT molecular complexity index is 679. The Labute approximate surface area is 121 Å². The molecule has 7 heteroatoms. The number of hydrogen-bond donors (Lipinski definition) is 2. The first kappa shape index (κ1) is 14.6. The van der Waals surface area contributed by atoms with Gasteiger partial charge in [0.25, 0.3) is 5.91 Å². The van der Waals surface area contributed by atoms with Crippen LogP contribution in [0.5, 0.6) is 5.75 Å². The topological polar surface area (TPSA) is 93.5 Å². The number of carboxylic acids is 1. The summed E-state index contributed by atoms with van der Waals surface area (Å²) < 4.78 is 6.62. The van der Waals surface area contributed by atoms with Crippen LogP contribution in [0, 0.1) is 6.92 Å². The van der Waals surface area contributed by atoms with Crippen molar-refractivity contribution in [1.82, 2.24) is 9.78 Å². The Balaban J connectivity index is 2.09. The molecule has 0 radical (unpaired) electrons. The van der Waals surface area contributed by atoms with Crippen molar-refractivity contribution < 1.29 is 19.4 Å². The zero-order chi connectivity index (χ0) is 15.4. The fourth-order valence-corrected chi connectivity index (χ4v) is 1.83. The maximum atomic E-state index is 12.1. The number of aryl methyl sites for hydroxylation is 2. The summed E-state index contributed by atoms with van der Waals surface area (Å²) in [5.74, 6) is -0.968. The summed E-state index contributed by atoms with van der Waals surface area (Å²) in [6.07, 6.45) is 1.63. The zero-order valence-corrected chi connectivity index (χ0v) is 11.7. The van der Waals surface area contributed by atoms with Gasteiger partial charge in [0.05, 0.1) is 11.3 Å². The summed E-state index contributed by atoms with van der Waals surface area (Å²) in [4.78, 5) is 22.6. The van der Waals surface area contributed by atoms with E-state index < -0.39 is 12.6 Å². The van der Waals surface area contributed by atoms with E-state index in [1.807, 2.05) is 0 Å². The predicted octanol–water partition coefficient (Wildman–Crippen LogP) is 1.44. The Morgan fingerprint density at radius 3 is 2.81 bits per heavy atom. The molecule has 7 nitrogen and oxygen atoms in total. The molecule has 0 unspecified atom stereocenters. The zero-order valence-electron chi connectivity index (χ0n) is 11.7. The summed E-state index contributed by atoms with van der Waals surface area (Å²) >= 11 is 0. The monoisotopic (exact) mass is 289 g/mol. The average Bonchev–Trinajstić information content (AvgIpc) is 2.76. The molecule has 2 N–H and O–H groups in total. The van der Waals surface area contributed by atoms with Crippen molar-refractivity contribution in [2.75, 3.05) is 11.9 Å². The highest BCUT2D eigenvalue weighted by molar-refractivity contribution is 6.04. The molecule has 1 aromatic heterocycles. The van der Waals surface area contributed by atoms with Crippen LogP contribution >= 0.6 is 0 Å². The smallest absolute Gasteiger partial charge is 0.341 e. The van der Waals surface area contributed by atoms with Gasteiger partial charge >= 0.3 is 5.97 Å². The summed E-state index contributed by atoms with van der Waals surface area (Å²) in [5, 5.41) is 15.4. The molecule has 1 heterocycles. The van der Waals surface area contributed by atoms with Gasteiger partial charge in [0, 0.05) is 25.0 Å². The number of anilines is 1. The Morgan fingerprint density at radius 2 is 2.19 bits per heavy atom. The van der Waals surface area contributed by atoms with Crippen molar-refractivity contribution in [2.45, 2.75) is 6.92 Å². The second kappa shape index (κ2) is 6.08. The first-order valence-corrected chi connectivity index (χ1v) is 6.22. The number of carbonyl (C=O) groups excluding carboxylic acids is 1. The summed E-state index contributed by atoms with van der Waals surface area (Å²) in [6, 6.07) is 6.54. The second-order valence-electron chi connectivity index (χ2n) is 4.47. The van der Waals surface area contributed by atoms with Gasteiger partial charge in [-0.05, 0) is 19.1 Å². The molecule has 0 aliphatic carbocycles. The van der Waals surface area contributed by atoms with Gasteiger partial charge in [-0.3, -0.25) is 9.48 Å². The predicted molar refractivity (Wildman–Crippen MR) is 75.5 cm³/mol. The van der Waals surface area contributed by atoms with E-state index in [9.17, 15) is 9.59 Å². The van der Waals surface area contributed by atoms with Crippen LogP contribution in [0.2, 0.25) is 0 Å². The number of benzene rings is 1. The lowest BCUT2D eigenvalue weighted by molar-refractivity contribution is -0.139. The van der Waals surface area contributed by atoms with E-state index >= 15 is 0 Å². The Kier molecular flexibility index (Phi) is 4.22. The number of aliphatic carboxylic acids is 1. The fourth-order valence-electron chi connectivity index (χ4n) is 1.83. The molecule has 0 bridgehead atoms. The highest BCUT2D eigenvalue weighted by Crippen LogP contribution is 2.18. The van der Waals surface area contributed by atoms with Gasteiger partial charge in [0.1, 0.15) is 5.75 Å². The lowest BCUT2D eigenvalue weighted by Crippen LogP contribution is -2.13. The third kappa shape index (κ3) is 3.82.